The van der Waals surface area contributed by atoms with Crippen molar-refractivity contribution in [2.45, 2.75) is 12.8 Å². The molecule has 0 unspecified atom stereocenters. The highest BCUT2D eigenvalue weighted by atomic mass is 32.2. The second kappa shape index (κ2) is 9.43. The fourth-order valence-corrected chi connectivity index (χ4v) is 5.21. The maximum absolute atomic E-state index is 12.6. The van der Waals surface area contributed by atoms with Crippen molar-refractivity contribution in [3.05, 3.63) is 0 Å². The van der Waals surface area contributed by atoms with E-state index in [1.807, 2.05) is 0 Å². The van der Waals surface area contributed by atoms with Crippen LogP contribution in [-0.4, -0.2) is 107 Å². The number of morpholine rings is 2. The first-order valence-corrected chi connectivity index (χ1v) is 10.9. The summed E-state index contributed by atoms with van der Waals surface area (Å²) < 4.78 is 38.8. The van der Waals surface area contributed by atoms with E-state index in [-0.39, 0.29) is 11.8 Å². The first-order chi connectivity index (χ1) is 12.6. The maximum atomic E-state index is 12.6. The van der Waals surface area contributed by atoms with Gasteiger partial charge in [0.2, 0.25) is 5.91 Å². The fourth-order valence-electron chi connectivity index (χ4n) is 3.60. The van der Waals surface area contributed by atoms with Crippen molar-refractivity contribution in [1.29, 1.82) is 0 Å². The van der Waals surface area contributed by atoms with E-state index < -0.39 is 10.2 Å². The third kappa shape index (κ3) is 5.14. The Labute approximate surface area is 155 Å². The Morgan fingerprint density at radius 2 is 1.42 bits per heavy atom. The highest BCUT2D eigenvalue weighted by Crippen LogP contribution is 2.22. The third-order valence-corrected chi connectivity index (χ3v) is 7.31. The van der Waals surface area contributed by atoms with Crippen LogP contribution in [0, 0.1) is 5.92 Å². The predicted molar refractivity (Wildman–Crippen MR) is 95.9 cm³/mol. The molecule has 0 atom stereocenters. The van der Waals surface area contributed by atoms with Gasteiger partial charge >= 0.3 is 0 Å². The quantitative estimate of drug-likeness (QED) is 0.608. The molecule has 3 aliphatic rings. The predicted octanol–water partition coefficient (Wildman–Crippen LogP) is -1.28. The summed E-state index contributed by atoms with van der Waals surface area (Å²) in [4.78, 5) is 14.6. The van der Waals surface area contributed by atoms with Crippen molar-refractivity contribution in [2.24, 2.45) is 5.92 Å². The minimum Gasteiger partial charge on any atom is -0.379 e. The van der Waals surface area contributed by atoms with Gasteiger partial charge in [0, 0.05) is 58.3 Å². The normalized spacial score (nSPS) is 25.2. The van der Waals surface area contributed by atoms with E-state index in [4.69, 9.17) is 9.47 Å². The van der Waals surface area contributed by atoms with Crippen LogP contribution in [-0.2, 0) is 24.5 Å². The topological polar surface area (TPSA) is 91.4 Å². The van der Waals surface area contributed by atoms with Crippen LogP contribution in [0.2, 0.25) is 0 Å². The van der Waals surface area contributed by atoms with Crippen LogP contribution in [0.3, 0.4) is 0 Å². The molecule has 0 saturated carbocycles. The fraction of sp³-hybridized carbons (Fsp3) is 0.938. The molecule has 0 aromatic heterocycles. The van der Waals surface area contributed by atoms with Gasteiger partial charge in [0.15, 0.2) is 0 Å². The van der Waals surface area contributed by atoms with Crippen molar-refractivity contribution in [3.63, 3.8) is 0 Å². The summed E-state index contributed by atoms with van der Waals surface area (Å²) in [6.45, 7) is 7.30. The van der Waals surface area contributed by atoms with Crippen LogP contribution >= 0.6 is 0 Å². The lowest BCUT2D eigenvalue weighted by Gasteiger charge is -2.35. The molecule has 1 amide bonds. The molecule has 0 bridgehead atoms. The molecule has 150 valence electrons. The number of carbonyl (C=O) groups excluding carboxylic acids is 1. The lowest BCUT2D eigenvalue weighted by Crippen LogP contribution is -2.51. The van der Waals surface area contributed by atoms with Gasteiger partial charge in [0.1, 0.15) is 0 Å². The van der Waals surface area contributed by atoms with Gasteiger partial charge in [-0.2, -0.15) is 17.0 Å². The molecule has 0 aromatic carbocycles. The molecule has 0 radical (unpaired) electrons. The summed E-state index contributed by atoms with van der Waals surface area (Å²) in [5, 5.41) is 3.00. The molecule has 0 aromatic rings. The van der Waals surface area contributed by atoms with E-state index in [0.29, 0.717) is 58.8 Å². The SMILES string of the molecule is O=C(NCCN1CCOCC1)C1CCN(S(=O)(=O)N2CCOCC2)CC1. The number of amides is 1. The van der Waals surface area contributed by atoms with Crippen LogP contribution in [0.4, 0.5) is 0 Å². The van der Waals surface area contributed by atoms with E-state index in [2.05, 4.69) is 10.2 Å². The zero-order valence-electron chi connectivity index (χ0n) is 15.3. The van der Waals surface area contributed by atoms with Crippen molar-refractivity contribution in [1.82, 2.24) is 18.8 Å². The second-order valence-electron chi connectivity index (χ2n) is 6.94. The standard InChI is InChI=1S/C16H30N4O5S/c21-16(17-3-6-18-7-11-24-12-8-18)15-1-4-19(5-2-15)26(22,23)20-9-13-25-14-10-20/h15H,1-14H2,(H,17,21). The Balaban J connectivity index is 1.39. The summed E-state index contributed by atoms with van der Waals surface area (Å²) in [6.07, 6.45) is 1.15. The number of rotatable bonds is 6. The number of hydrogen-bond acceptors (Lipinski definition) is 6. The molecule has 1 N–H and O–H groups in total. The van der Waals surface area contributed by atoms with Gasteiger partial charge < -0.3 is 14.8 Å². The highest BCUT2D eigenvalue weighted by Gasteiger charge is 2.35. The zero-order chi connectivity index (χ0) is 18.4. The molecular formula is C16H30N4O5S. The maximum Gasteiger partial charge on any atom is 0.282 e. The molecule has 3 saturated heterocycles. The Kier molecular flexibility index (Phi) is 7.24. The minimum absolute atomic E-state index is 0.0432. The molecule has 3 fully saturated rings. The Hall–Kier alpha value is -0.780. The van der Waals surface area contributed by atoms with Gasteiger partial charge in [0.05, 0.1) is 26.4 Å². The van der Waals surface area contributed by atoms with Gasteiger partial charge in [-0.15, -0.1) is 0 Å². The average molecular weight is 391 g/mol. The van der Waals surface area contributed by atoms with Gasteiger partial charge in [0.25, 0.3) is 10.2 Å². The highest BCUT2D eigenvalue weighted by molar-refractivity contribution is 7.86. The number of nitrogens with zero attached hydrogens (tertiary/aromatic N) is 3. The third-order valence-electron chi connectivity index (χ3n) is 5.28. The summed E-state index contributed by atoms with van der Waals surface area (Å²) in [5.41, 5.74) is 0. The first kappa shape index (κ1) is 20.0. The van der Waals surface area contributed by atoms with E-state index in [9.17, 15) is 13.2 Å². The van der Waals surface area contributed by atoms with E-state index in [1.54, 1.807) is 0 Å². The van der Waals surface area contributed by atoms with Gasteiger partial charge in [-0.3, -0.25) is 9.69 Å². The summed E-state index contributed by atoms with van der Waals surface area (Å²) >= 11 is 0. The minimum atomic E-state index is -3.43. The molecule has 3 aliphatic heterocycles. The lowest BCUT2D eigenvalue weighted by molar-refractivity contribution is -0.126. The Bertz CT molecular complexity index is 553. The number of nitrogens with one attached hydrogen (secondary N) is 1. The first-order valence-electron chi connectivity index (χ1n) is 9.48. The molecule has 9 nitrogen and oxygen atoms in total. The van der Waals surface area contributed by atoms with Crippen molar-refractivity contribution < 1.29 is 22.7 Å². The molecule has 0 aliphatic carbocycles. The Morgan fingerprint density at radius 3 is 2.04 bits per heavy atom. The van der Waals surface area contributed by atoms with E-state index in [1.165, 1.54) is 8.61 Å². The molecule has 10 heteroatoms. The number of carbonyl (C=O) groups is 1. The smallest absolute Gasteiger partial charge is 0.282 e. The summed E-state index contributed by atoms with van der Waals surface area (Å²) in [5.74, 6) is -0.0579. The number of piperidine rings is 1. The monoisotopic (exact) mass is 390 g/mol. The van der Waals surface area contributed by atoms with Gasteiger partial charge in [-0.1, -0.05) is 0 Å². The molecule has 3 heterocycles. The molecule has 3 rings (SSSR count). The van der Waals surface area contributed by atoms with Crippen molar-refractivity contribution in [3.8, 4) is 0 Å². The van der Waals surface area contributed by atoms with Crippen LogP contribution in [0.5, 0.6) is 0 Å². The van der Waals surface area contributed by atoms with Crippen LogP contribution in [0.1, 0.15) is 12.8 Å². The zero-order valence-corrected chi connectivity index (χ0v) is 16.1. The van der Waals surface area contributed by atoms with Crippen LogP contribution in [0.15, 0.2) is 0 Å². The number of hydrogen-bond donors (Lipinski definition) is 1. The average Bonchev–Trinajstić information content (AvgIpc) is 2.69. The summed E-state index contributed by atoms with van der Waals surface area (Å²) in [6, 6.07) is 0. The molecule has 0 spiro atoms. The van der Waals surface area contributed by atoms with Crippen molar-refractivity contribution >= 4 is 16.1 Å². The molecule has 26 heavy (non-hydrogen) atoms. The molecular weight excluding hydrogens is 360 g/mol. The second-order valence-corrected chi connectivity index (χ2v) is 8.87. The van der Waals surface area contributed by atoms with Crippen LogP contribution < -0.4 is 5.32 Å². The van der Waals surface area contributed by atoms with Gasteiger partial charge in [-0.25, -0.2) is 0 Å². The largest absolute Gasteiger partial charge is 0.379 e. The van der Waals surface area contributed by atoms with Crippen LogP contribution in [0.25, 0.3) is 0 Å². The lowest BCUT2D eigenvalue weighted by atomic mass is 9.97. The number of ether oxygens (including phenoxy) is 2. The van der Waals surface area contributed by atoms with E-state index >= 15 is 0 Å². The Morgan fingerprint density at radius 1 is 0.885 bits per heavy atom. The summed E-state index contributed by atoms with van der Waals surface area (Å²) in [7, 11) is -3.43. The van der Waals surface area contributed by atoms with Gasteiger partial charge in [-0.05, 0) is 12.8 Å². The van der Waals surface area contributed by atoms with E-state index in [0.717, 1.165) is 32.8 Å². The van der Waals surface area contributed by atoms with Crippen molar-refractivity contribution in [2.75, 3.05) is 78.8 Å².